The van der Waals surface area contributed by atoms with Gasteiger partial charge in [-0.05, 0) is 49.1 Å². The van der Waals surface area contributed by atoms with Crippen molar-refractivity contribution in [3.63, 3.8) is 0 Å². The molecule has 1 aromatic rings. The maximum Gasteiger partial charge on any atom is 0.0654 e. The van der Waals surface area contributed by atoms with Gasteiger partial charge in [0.25, 0.3) is 0 Å². The van der Waals surface area contributed by atoms with Gasteiger partial charge < -0.3 is 0 Å². The summed E-state index contributed by atoms with van der Waals surface area (Å²) in [7, 11) is 0. The average Bonchev–Trinajstić information content (AvgIpc) is 2.74. The predicted octanol–water partition coefficient (Wildman–Crippen LogP) is 4.77. The molecule has 0 aliphatic heterocycles. The molecule has 0 aromatic heterocycles. The lowest BCUT2D eigenvalue weighted by atomic mass is 9.93. The molecule has 0 radical (unpaired) electrons. The van der Waals surface area contributed by atoms with E-state index < -0.39 is 0 Å². The van der Waals surface area contributed by atoms with E-state index in [-0.39, 0.29) is 0 Å². The Labute approximate surface area is 105 Å². The number of rotatable bonds is 3. The van der Waals surface area contributed by atoms with E-state index in [0.29, 0.717) is 5.92 Å². The second-order valence-electron chi connectivity index (χ2n) is 5.60. The van der Waals surface area contributed by atoms with Crippen molar-refractivity contribution in [1.82, 2.24) is 0 Å². The minimum absolute atomic E-state index is 0.611. The van der Waals surface area contributed by atoms with Crippen molar-refractivity contribution in [2.75, 3.05) is 0 Å². The van der Waals surface area contributed by atoms with Gasteiger partial charge in [-0.25, -0.2) is 0 Å². The molecule has 1 heteroatoms. The molecule has 0 N–H and O–H groups in total. The first-order valence-corrected chi connectivity index (χ1v) is 6.76. The maximum absolute atomic E-state index is 4.65. The highest BCUT2D eigenvalue weighted by molar-refractivity contribution is 5.67. The SMILES string of the molecule is Cc1ccccc1N=CC(C)C1CCC(C)C1. The summed E-state index contributed by atoms with van der Waals surface area (Å²) in [5.41, 5.74) is 2.38. The van der Waals surface area contributed by atoms with Crippen molar-refractivity contribution in [3.8, 4) is 0 Å². The first-order chi connectivity index (χ1) is 8.16. The minimum atomic E-state index is 0.611. The maximum atomic E-state index is 4.65. The van der Waals surface area contributed by atoms with Crippen LogP contribution in [0.25, 0.3) is 0 Å². The van der Waals surface area contributed by atoms with Gasteiger partial charge in [0.1, 0.15) is 0 Å². The molecule has 0 spiro atoms. The zero-order valence-corrected chi connectivity index (χ0v) is 11.2. The van der Waals surface area contributed by atoms with Gasteiger partial charge in [-0.3, -0.25) is 4.99 Å². The number of hydrogen-bond donors (Lipinski definition) is 0. The molecular formula is C16H23N. The highest BCUT2D eigenvalue weighted by atomic mass is 14.7. The Kier molecular flexibility index (Phi) is 3.98. The minimum Gasteiger partial charge on any atom is -0.261 e. The van der Waals surface area contributed by atoms with E-state index in [0.717, 1.165) is 17.5 Å². The monoisotopic (exact) mass is 229 g/mol. The largest absolute Gasteiger partial charge is 0.261 e. The number of aryl methyl sites for hydroxylation is 1. The van der Waals surface area contributed by atoms with Crippen LogP contribution in [0.4, 0.5) is 5.69 Å². The fourth-order valence-corrected chi connectivity index (χ4v) is 2.76. The second-order valence-corrected chi connectivity index (χ2v) is 5.60. The molecule has 92 valence electrons. The lowest BCUT2D eigenvalue weighted by Gasteiger charge is -2.14. The normalized spacial score (nSPS) is 26.5. The zero-order valence-electron chi connectivity index (χ0n) is 11.2. The Hall–Kier alpha value is -1.11. The summed E-state index contributed by atoms with van der Waals surface area (Å²) in [6.45, 7) is 6.80. The Morgan fingerprint density at radius 1 is 1.29 bits per heavy atom. The molecule has 1 aromatic carbocycles. The van der Waals surface area contributed by atoms with E-state index in [9.17, 15) is 0 Å². The summed E-state index contributed by atoms with van der Waals surface area (Å²) in [5, 5.41) is 0. The molecule has 0 bridgehead atoms. The van der Waals surface area contributed by atoms with E-state index in [1.807, 2.05) is 0 Å². The number of nitrogens with zero attached hydrogens (tertiary/aromatic N) is 1. The topological polar surface area (TPSA) is 12.4 Å². The fourth-order valence-electron chi connectivity index (χ4n) is 2.76. The summed E-state index contributed by atoms with van der Waals surface area (Å²) >= 11 is 0. The summed E-state index contributed by atoms with van der Waals surface area (Å²) in [4.78, 5) is 4.65. The van der Waals surface area contributed by atoms with Gasteiger partial charge in [-0.15, -0.1) is 0 Å². The van der Waals surface area contributed by atoms with Crippen molar-refractivity contribution in [2.24, 2.45) is 22.7 Å². The number of aliphatic imine (C=N–C) groups is 1. The molecule has 1 saturated carbocycles. The van der Waals surface area contributed by atoms with Crippen LogP contribution in [0.15, 0.2) is 29.3 Å². The van der Waals surface area contributed by atoms with Crippen molar-refractivity contribution in [1.29, 1.82) is 0 Å². The first-order valence-electron chi connectivity index (χ1n) is 6.76. The Bertz CT molecular complexity index is 394. The molecule has 17 heavy (non-hydrogen) atoms. The molecular weight excluding hydrogens is 206 g/mol. The molecule has 2 rings (SSSR count). The van der Waals surface area contributed by atoms with Gasteiger partial charge in [0.15, 0.2) is 0 Å². The summed E-state index contributed by atoms with van der Waals surface area (Å²) in [5.74, 6) is 2.37. The first kappa shape index (κ1) is 12.3. The quantitative estimate of drug-likeness (QED) is 0.662. The zero-order chi connectivity index (χ0) is 12.3. The molecule has 3 atom stereocenters. The van der Waals surface area contributed by atoms with Crippen LogP contribution in [-0.2, 0) is 0 Å². The van der Waals surface area contributed by atoms with Crippen LogP contribution in [0.3, 0.4) is 0 Å². The van der Waals surface area contributed by atoms with Crippen LogP contribution in [0.1, 0.15) is 38.7 Å². The molecule has 0 heterocycles. The van der Waals surface area contributed by atoms with Gasteiger partial charge in [-0.2, -0.15) is 0 Å². The number of para-hydroxylation sites is 1. The molecule has 1 aliphatic carbocycles. The standard InChI is InChI=1S/C16H23N/c1-12-8-9-15(10-12)14(3)11-17-16-7-5-4-6-13(16)2/h4-7,11-12,14-15H,8-10H2,1-3H3. The van der Waals surface area contributed by atoms with Crippen LogP contribution in [-0.4, -0.2) is 6.21 Å². The second kappa shape index (κ2) is 5.48. The van der Waals surface area contributed by atoms with E-state index in [1.165, 1.54) is 24.8 Å². The summed E-state index contributed by atoms with van der Waals surface area (Å²) in [6.07, 6.45) is 6.31. The van der Waals surface area contributed by atoms with Crippen molar-refractivity contribution in [2.45, 2.75) is 40.0 Å². The van der Waals surface area contributed by atoms with Gasteiger partial charge in [-0.1, -0.05) is 38.5 Å². The average molecular weight is 229 g/mol. The van der Waals surface area contributed by atoms with E-state index in [1.54, 1.807) is 0 Å². The molecule has 1 fully saturated rings. The predicted molar refractivity (Wildman–Crippen MR) is 75.0 cm³/mol. The van der Waals surface area contributed by atoms with Crippen molar-refractivity contribution in [3.05, 3.63) is 29.8 Å². The van der Waals surface area contributed by atoms with Gasteiger partial charge in [0, 0.05) is 6.21 Å². The molecule has 0 saturated heterocycles. The Morgan fingerprint density at radius 2 is 2.06 bits per heavy atom. The van der Waals surface area contributed by atoms with Crippen molar-refractivity contribution >= 4 is 11.9 Å². The van der Waals surface area contributed by atoms with Crippen LogP contribution < -0.4 is 0 Å². The highest BCUT2D eigenvalue weighted by Crippen LogP contribution is 2.35. The fraction of sp³-hybridized carbons (Fsp3) is 0.562. The van der Waals surface area contributed by atoms with Crippen LogP contribution in [0.5, 0.6) is 0 Å². The molecule has 1 aliphatic rings. The van der Waals surface area contributed by atoms with Gasteiger partial charge in [0.05, 0.1) is 5.69 Å². The summed E-state index contributed by atoms with van der Waals surface area (Å²) < 4.78 is 0. The number of benzene rings is 1. The third kappa shape index (κ3) is 3.18. The third-order valence-corrected chi connectivity index (χ3v) is 4.04. The van der Waals surface area contributed by atoms with Crippen LogP contribution in [0.2, 0.25) is 0 Å². The van der Waals surface area contributed by atoms with Gasteiger partial charge >= 0.3 is 0 Å². The molecule has 1 nitrogen and oxygen atoms in total. The van der Waals surface area contributed by atoms with E-state index >= 15 is 0 Å². The Morgan fingerprint density at radius 3 is 2.71 bits per heavy atom. The molecule has 3 unspecified atom stereocenters. The van der Waals surface area contributed by atoms with Gasteiger partial charge in [0.2, 0.25) is 0 Å². The molecule has 0 amide bonds. The highest BCUT2D eigenvalue weighted by Gasteiger charge is 2.24. The van der Waals surface area contributed by atoms with Crippen molar-refractivity contribution < 1.29 is 0 Å². The lowest BCUT2D eigenvalue weighted by molar-refractivity contribution is 0.444. The smallest absolute Gasteiger partial charge is 0.0654 e. The Balaban J connectivity index is 1.99. The van der Waals surface area contributed by atoms with E-state index in [2.05, 4.69) is 56.2 Å². The van der Waals surface area contributed by atoms with Crippen LogP contribution >= 0.6 is 0 Å². The third-order valence-electron chi connectivity index (χ3n) is 4.04. The van der Waals surface area contributed by atoms with E-state index in [4.69, 9.17) is 0 Å². The number of hydrogen-bond acceptors (Lipinski definition) is 1. The summed E-state index contributed by atoms with van der Waals surface area (Å²) in [6, 6.07) is 8.34. The lowest BCUT2D eigenvalue weighted by Crippen LogP contribution is -2.09. The van der Waals surface area contributed by atoms with Crippen LogP contribution in [0, 0.1) is 24.7 Å².